The molecule has 142 valence electrons. The Hall–Kier alpha value is -2.67. The number of fused-ring (bicyclic) bond motifs is 2. The Morgan fingerprint density at radius 3 is 2.41 bits per heavy atom. The molecular formula is C20H21NO5S. The van der Waals surface area contributed by atoms with E-state index in [-0.39, 0.29) is 33.4 Å². The van der Waals surface area contributed by atoms with Crippen LogP contribution in [0.25, 0.3) is 0 Å². The van der Waals surface area contributed by atoms with Gasteiger partial charge in [0.25, 0.3) is 0 Å². The summed E-state index contributed by atoms with van der Waals surface area (Å²) in [4.78, 5) is 25.6. The molecule has 1 heterocycles. The first-order chi connectivity index (χ1) is 12.6. The molecule has 0 unspecified atom stereocenters. The Balaban J connectivity index is 2.26. The van der Waals surface area contributed by atoms with E-state index in [1.54, 1.807) is 45.0 Å². The zero-order valence-electron chi connectivity index (χ0n) is 15.6. The topological polar surface area (TPSA) is 89.5 Å². The Bertz CT molecular complexity index is 1050. The van der Waals surface area contributed by atoms with Gasteiger partial charge in [-0.25, -0.2) is 8.42 Å². The molecular weight excluding hydrogens is 366 g/mol. The van der Waals surface area contributed by atoms with Crippen LogP contribution < -0.4 is 10.1 Å². The Kier molecular flexibility index (Phi) is 4.59. The summed E-state index contributed by atoms with van der Waals surface area (Å²) in [6.45, 7) is 5.22. The van der Waals surface area contributed by atoms with Crippen molar-refractivity contribution in [2.45, 2.75) is 31.4 Å². The number of ether oxygens (including phenoxy) is 1. The highest BCUT2D eigenvalue weighted by Crippen LogP contribution is 2.37. The lowest BCUT2D eigenvalue weighted by Crippen LogP contribution is -2.28. The normalized spacial score (nSPS) is 15.3. The average Bonchev–Trinajstić information content (AvgIpc) is 2.68. The van der Waals surface area contributed by atoms with Crippen LogP contribution in [0.5, 0.6) is 5.75 Å². The zero-order valence-corrected chi connectivity index (χ0v) is 16.4. The molecule has 3 rings (SSSR count). The molecule has 0 aromatic heterocycles. The number of amides is 1. The van der Waals surface area contributed by atoms with Gasteiger partial charge in [-0.1, -0.05) is 39.0 Å². The molecule has 0 aliphatic carbocycles. The molecule has 1 aliphatic rings. The van der Waals surface area contributed by atoms with Crippen LogP contribution in [-0.4, -0.2) is 27.2 Å². The van der Waals surface area contributed by atoms with Gasteiger partial charge in [0.1, 0.15) is 5.75 Å². The van der Waals surface area contributed by atoms with Crippen LogP contribution in [0, 0.1) is 5.41 Å². The maximum absolute atomic E-state index is 13.3. The van der Waals surface area contributed by atoms with E-state index >= 15 is 0 Å². The minimum Gasteiger partial charge on any atom is -0.496 e. The number of ketones is 1. The standard InChI is InChI=1S/C20H21NO5S/c1-20(2,3)19(23)21-14-8-6-10-16-17(14)18(22)12-7-5-9-15(26-4)13(12)11-27(16,24)25/h5-10H,11H2,1-4H3,(H,21,23). The number of carbonyl (C=O) groups excluding carboxylic acids is 2. The highest BCUT2D eigenvalue weighted by atomic mass is 32.2. The first-order valence-electron chi connectivity index (χ1n) is 8.44. The predicted octanol–water partition coefficient (Wildman–Crippen LogP) is 3.20. The molecule has 6 nitrogen and oxygen atoms in total. The van der Waals surface area contributed by atoms with Gasteiger partial charge in [0, 0.05) is 16.5 Å². The van der Waals surface area contributed by atoms with Crippen molar-refractivity contribution in [1.82, 2.24) is 0 Å². The van der Waals surface area contributed by atoms with Crippen molar-refractivity contribution in [3.8, 4) is 5.75 Å². The highest BCUT2D eigenvalue weighted by molar-refractivity contribution is 7.90. The lowest BCUT2D eigenvalue weighted by molar-refractivity contribution is -0.123. The molecule has 0 bridgehead atoms. The summed E-state index contributed by atoms with van der Waals surface area (Å²) in [5.74, 6) is -0.764. The lowest BCUT2D eigenvalue weighted by atomic mass is 9.94. The first-order valence-corrected chi connectivity index (χ1v) is 10.1. The van der Waals surface area contributed by atoms with Gasteiger partial charge in [0.2, 0.25) is 5.91 Å². The van der Waals surface area contributed by atoms with Crippen LogP contribution in [0.4, 0.5) is 5.69 Å². The number of hydrogen-bond donors (Lipinski definition) is 1. The number of carbonyl (C=O) groups is 2. The van der Waals surface area contributed by atoms with Crippen LogP contribution in [-0.2, 0) is 20.4 Å². The van der Waals surface area contributed by atoms with Crippen molar-refractivity contribution in [1.29, 1.82) is 0 Å². The molecule has 1 amide bonds. The molecule has 0 saturated heterocycles. The van der Waals surface area contributed by atoms with E-state index in [1.807, 2.05) is 0 Å². The van der Waals surface area contributed by atoms with Gasteiger partial charge in [-0.2, -0.15) is 0 Å². The third kappa shape index (κ3) is 3.35. The summed E-state index contributed by atoms with van der Waals surface area (Å²) in [7, 11) is -2.37. The van der Waals surface area contributed by atoms with Gasteiger partial charge in [-0.15, -0.1) is 0 Å². The van der Waals surface area contributed by atoms with Crippen LogP contribution in [0.1, 0.15) is 42.3 Å². The van der Waals surface area contributed by atoms with E-state index in [1.165, 1.54) is 19.2 Å². The summed E-state index contributed by atoms with van der Waals surface area (Å²) >= 11 is 0. The number of benzene rings is 2. The van der Waals surface area contributed by atoms with Gasteiger partial charge in [-0.3, -0.25) is 9.59 Å². The summed E-state index contributed by atoms with van der Waals surface area (Å²) in [5, 5.41) is 2.71. The lowest BCUT2D eigenvalue weighted by Gasteiger charge is -2.19. The average molecular weight is 387 g/mol. The van der Waals surface area contributed by atoms with Crippen LogP contribution in [0.3, 0.4) is 0 Å². The van der Waals surface area contributed by atoms with Crippen LogP contribution in [0.15, 0.2) is 41.3 Å². The molecule has 0 spiro atoms. The van der Waals surface area contributed by atoms with Gasteiger partial charge in [-0.05, 0) is 18.2 Å². The molecule has 7 heteroatoms. The van der Waals surface area contributed by atoms with Crippen LogP contribution >= 0.6 is 0 Å². The monoisotopic (exact) mass is 387 g/mol. The van der Waals surface area contributed by atoms with E-state index in [0.29, 0.717) is 11.3 Å². The number of hydrogen-bond acceptors (Lipinski definition) is 5. The van der Waals surface area contributed by atoms with Crippen molar-refractivity contribution in [3.05, 3.63) is 53.1 Å². The summed E-state index contributed by atoms with van der Waals surface area (Å²) < 4.78 is 31.2. The van der Waals surface area contributed by atoms with Crippen molar-refractivity contribution in [2.24, 2.45) is 5.41 Å². The van der Waals surface area contributed by atoms with E-state index < -0.39 is 21.0 Å². The molecule has 0 atom stereocenters. The number of nitrogens with one attached hydrogen (secondary N) is 1. The summed E-state index contributed by atoms with van der Waals surface area (Å²) in [6.07, 6.45) is 0. The third-order valence-electron chi connectivity index (χ3n) is 4.45. The van der Waals surface area contributed by atoms with Crippen molar-refractivity contribution in [3.63, 3.8) is 0 Å². The summed E-state index contributed by atoms with van der Waals surface area (Å²) in [5.41, 5.74) is 0.0680. The predicted molar refractivity (Wildman–Crippen MR) is 102 cm³/mol. The second-order valence-electron chi connectivity index (χ2n) is 7.46. The van der Waals surface area contributed by atoms with E-state index in [0.717, 1.165) is 0 Å². The van der Waals surface area contributed by atoms with Gasteiger partial charge in [0.05, 0.1) is 29.0 Å². The van der Waals surface area contributed by atoms with Gasteiger partial charge >= 0.3 is 0 Å². The second-order valence-corrected chi connectivity index (χ2v) is 9.42. The molecule has 2 aromatic rings. The Labute approximate surface area is 158 Å². The molecule has 1 aliphatic heterocycles. The van der Waals surface area contributed by atoms with Gasteiger partial charge in [0.15, 0.2) is 15.6 Å². The third-order valence-corrected chi connectivity index (χ3v) is 6.13. The first kappa shape index (κ1) is 19.1. The molecule has 0 saturated carbocycles. The fraction of sp³-hybridized carbons (Fsp3) is 0.300. The molecule has 0 radical (unpaired) electrons. The number of anilines is 1. The number of rotatable bonds is 2. The molecule has 0 fully saturated rings. The summed E-state index contributed by atoms with van der Waals surface area (Å²) in [6, 6.07) is 9.31. The maximum Gasteiger partial charge on any atom is 0.229 e. The Morgan fingerprint density at radius 1 is 1.11 bits per heavy atom. The molecule has 27 heavy (non-hydrogen) atoms. The fourth-order valence-corrected chi connectivity index (χ4v) is 4.59. The minimum absolute atomic E-state index is 0.0119. The SMILES string of the molecule is COc1cccc2c1CS(=O)(=O)c1cccc(NC(=O)C(C)(C)C)c1C2=O. The van der Waals surface area contributed by atoms with Crippen LogP contribution in [0.2, 0.25) is 0 Å². The fourth-order valence-electron chi connectivity index (χ4n) is 2.96. The minimum atomic E-state index is -3.80. The second kappa shape index (κ2) is 6.49. The molecule has 1 N–H and O–H groups in total. The highest BCUT2D eigenvalue weighted by Gasteiger charge is 2.34. The quantitative estimate of drug-likeness (QED) is 0.855. The van der Waals surface area contributed by atoms with Crippen molar-refractivity contribution >= 4 is 27.2 Å². The van der Waals surface area contributed by atoms with Gasteiger partial charge < -0.3 is 10.1 Å². The number of sulfone groups is 1. The maximum atomic E-state index is 13.3. The Morgan fingerprint density at radius 2 is 1.78 bits per heavy atom. The largest absolute Gasteiger partial charge is 0.496 e. The van der Waals surface area contributed by atoms with E-state index in [4.69, 9.17) is 4.74 Å². The zero-order chi connectivity index (χ0) is 20.0. The smallest absolute Gasteiger partial charge is 0.229 e. The van der Waals surface area contributed by atoms with Crippen molar-refractivity contribution in [2.75, 3.05) is 12.4 Å². The van der Waals surface area contributed by atoms with E-state index in [2.05, 4.69) is 5.32 Å². The van der Waals surface area contributed by atoms with E-state index in [9.17, 15) is 18.0 Å². The molecule has 2 aromatic carbocycles. The number of methoxy groups -OCH3 is 1. The van der Waals surface area contributed by atoms with Crippen molar-refractivity contribution < 1.29 is 22.7 Å².